The minimum atomic E-state index is 0.379. The molecule has 0 radical (unpaired) electrons. The summed E-state index contributed by atoms with van der Waals surface area (Å²) in [7, 11) is 0. The fourth-order valence-electron chi connectivity index (χ4n) is 1.65. The van der Waals surface area contributed by atoms with Crippen molar-refractivity contribution in [2.45, 2.75) is 19.9 Å². The van der Waals surface area contributed by atoms with Crippen LogP contribution >= 0.6 is 0 Å². The van der Waals surface area contributed by atoms with E-state index >= 15 is 0 Å². The molecule has 0 saturated heterocycles. The van der Waals surface area contributed by atoms with Crippen molar-refractivity contribution in [1.82, 2.24) is 4.57 Å². The Morgan fingerprint density at radius 2 is 2.08 bits per heavy atom. The highest BCUT2D eigenvalue weighted by molar-refractivity contribution is 5.86. The van der Waals surface area contributed by atoms with Gasteiger partial charge in [-0.25, -0.2) is 0 Å². The molecular weight excluding hydrogens is 162 g/mol. The minimum Gasteiger partial charge on any atom is -0.506 e. The SMILES string of the molecule is CCCn1cc(O)c2ccccc21. The van der Waals surface area contributed by atoms with E-state index in [1.54, 1.807) is 6.20 Å². The van der Waals surface area contributed by atoms with E-state index in [1.165, 1.54) is 0 Å². The highest BCUT2D eigenvalue weighted by Crippen LogP contribution is 2.26. The van der Waals surface area contributed by atoms with Crippen molar-refractivity contribution in [2.24, 2.45) is 0 Å². The van der Waals surface area contributed by atoms with E-state index in [0.29, 0.717) is 5.75 Å². The largest absolute Gasteiger partial charge is 0.506 e. The van der Waals surface area contributed by atoms with E-state index in [0.717, 1.165) is 23.9 Å². The van der Waals surface area contributed by atoms with Gasteiger partial charge in [0.1, 0.15) is 5.75 Å². The molecule has 1 aromatic heterocycles. The Balaban J connectivity index is 2.63. The van der Waals surface area contributed by atoms with Gasteiger partial charge in [-0.1, -0.05) is 19.1 Å². The number of fused-ring (bicyclic) bond motifs is 1. The quantitative estimate of drug-likeness (QED) is 0.746. The van der Waals surface area contributed by atoms with Gasteiger partial charge in [-0.3, -0.25) is 0 Å². The van der Waals surface area contributed by atoms with Gasteiger partial charge in [0, 0.05) is 18.1 Å². The molecule has 0 aliphatic heterocycles. The molecule has 2 nitrogen and oxygen atoms in total. The average Bonchev–Trinajstić information content (AvgIpc) is 2.46. The molecule has 1 N–H and O–H groups in total. The Kier molecular flexibility index (Phi) is 1.97. The first-order valence-corrected chi connectivity index (χ1v) is 4.59. The van der Waals surface area contributed by atoms with Crippen LogP contribution in [-0.2, 0) is 6.54 Å². The number of benzene rings is 1. The molecule has 0 aliphatic rings. The number of aryl methyl sites for hydroxylation is 1. The van der Waals surface area contributed by atoms with Gasteiger partial charge in [0.15, 0.2) is 0 Å². The second-order valence-electron chi connectivity index (χ2n) is 3.22. The van der Waals surface area contributed by atoms with Gasteiger partial charge in [-0.05, 0) is 18.6 Å². The Bertz CT molecular complexity index is 417. The zero-order chi connectivity index (χ0) is 9.26. The van der Waals surface area contributed by atoms with Gasteiger partial charge in [-0.15, -0.1) is 0 Å². The summed E-state index contributed by atoms with van der Waals surface area (Å²) in [5.74, 6) is 0.379. The lowest BCUT2D eigenvalue weighted by molar-refractivity contribution is 0.478. The van der Waals surface area contributed by atoms with Crippen LogP contribution < -0.4 is 0 Å². The Morgan fingerprint density at radius 1 is 1.31 bits per heavy atom. The number of nitrogens with zero attached hydrogens (tertiary/aromatic N) is 1. The third kappa shape index (κ3) is 1.28. The summed E-state index contributed by atoms with van der Waals surface area (Å²) in [5.41, 5.74) is 1.11. The number of rotatable bonds is 2. The molecule has 2 aromatic rings. The Morgan fingerprint density at radius 3 is 2.85 bits per heavy atom. The van der Waals surface area contributed by atoms with Gasteiger partial charge < -0.3 is 9.67 Å². The van der Waals surface area contributed by atoms with Crippen LogP contribution in [0, 0.1) is 0 Å². The average molecular weight is 175 g/mol. The maximum atomic E-state index is 9.60. The van der Waals surface area contributed by atoms with Gasteiger partial charge >= 0.3 is 0 Å². The highest BCUT2D eigenvalue weighted by Gasteiger charge is 2.04. The summed E-state index contributed by atoms with van der Waals surface area (Å²) in [6, 6.07) is 7.91. The first-order chi connectivity index (χ1) is 6.33. The topological polar surface area (TPSA) is 25.2 Å². The second-order valence-corrected chi connectivity index (χ2v) is 3.22. The Hall–Kier alpha value is -1.44. The summed E-state index contributed by atoms with van der Waals surface area (Å²) in [6.45, 7) is 3.09. The number of aromatic hydroxyl groups is 1. The van der Waals surface area contributed by atoms with E-state index in [1.807, 2.05) is 24.3 Å². The molecule has 2 rings (SSSR count). The van der Waals surface area contributed by atoms with E-state index < -0.39 is 0 Å². The van der Waals surface area contributed by atoms with Crippen LogP contribution in [0.2, 0.25) is 0 Å². The molecule has 0 saturated carbocycles. The fraction of sp³-hybridized carbons (Fsp3) is 0.273. The summed E-state index contributed by atoms with van der Waals surface area (Å²) >= 11 is 0. The molecule has 0 fully saturated rings. The summed E-state index contributed by atoms with van der Waals surface area (Å²) in [4.78, 5) is 0. The summed E-state index contributed by atoms with van der Waals surface area (Å²) in [6.07, 6.45) is 2.88. The van der Waals surface area contributed by atoms with Gasteiger partial charge in [0.2, 0.25) is 0 Å². The molecule has 0 spiro atoms. The van der Waals surface area contributed by atoms with E-state index in [2.05, 4.69) is 11.5 Å². The molecule has 68 valence electrons. The maximum Gasteiger partial charge on any atom is 0.141 e. The molecule has 2 heteroatoms. The number of aromatic nitrogens is 1. The predicted molar refractivity (Wildman–Crippen MR) is 53.9 cm³/mol. The third-order valence-corrected chi connectivity index (χ3v) is 2.23. The van der Waals surface area contributed by atoms with Crippen LogP contribution in [0.4, 0.5) is 0 Å². The van der Waals surface area contributed by atoms with E-state index in [-0.39, 0.29) is 0 Å². The van der Waals surface area contributed by atoms with Crippen LogP contribution in [0.15, 0.2) is 30.5 Å². The Labute approximate surface area is 77.4 Å². The molecule has 0 bridgehead atoms. The zero-order valence-electron chi connectivity index (χ0n) is 7.70. The van der Waals surface area contributed by atoms with E-state index in [4.69, 9.17) is 0 Å². The van der Waals surface area contributed by atoms with Gasteiger partial charge in [0.05, 0.1) is 5.52 Å². The van der Waals surface area contributed by atoms with Crippen LogP contribution in [0.3, 0.4) is 0 Å². The van der Waals surface area contributed by atoms with Crippen LogP contribution in [0.5, 0.6) is 5.75 Å². The summed E-state index contributed by atoms with van der Waals surface area (Å²) in [5, 5.41) is 10.5. The number of para-hydroxylation sites is 1. The van der Waals surface area contributed by atoms with E-state index in [9.17, 15) is 5.11 Å². The molecule has 13 heavy (non-hydrogen) atoms. The highest BCUT2D eigenvalue weighted by atomic mass is 16.3. The second kappa shape index (κ2) is 3.13. The van der Waals surface area contributed by atoms with Gasteiger partial charge in [-0.2, -0.15) is 0 Å². The van der Waals surface area contributed by atoms with Crippen molar-refractivity contribution in [1.29, 1.82) is 0 Å². The molecule has 0 unspecified atom stereocenters. The normalized spacial score (nSPS) is 10.8. The van der Waals surface area contributed by atoms with Crippen molar-refractivity contribution < 1.29 is 5.11 Å². The lowest BCUT2D eigenvalue weighted by atomic mass is 10.2. The monoisotopic (exact) mass is 175 g/mol. The molecular formula is C11H13NO. The number of hydrogen-bond donors (Lipinski definition) is 1. The maximum absolute atomic E-state index is 9.60. The van der Waals surface area contributed by atoms with Crippen LogP contribution in [-0.4, -0.2) is 9.67 Å². The predicted octanol–water partition coefficient (Wildman–Crippen LogP) is 2.76. The molecule has 0 atom stereocenters. The van der Waals surface area contributed by atoms with Crippen molar-refractivity contribution in [2.75, 3.05) is 0 Å². The zero-order valence-corrected chi connectivity index (χ0v) is 7.70. The van der Waals surface area contributed by atoms with Crippen molar-refractivity contribution in [3.63, 3.8) is 0 Å². The lowest BCUT2D eigenvalue weighted by Gasteiger charge is -2.00. The molecule has 1 heterocycles. The smallest absolute Gasteiger partial charge is 0.141 e. The fourth-order valence-corrected chi connectivity index (χ4v) is 1.65. The first kappa shape index (κ1) is 8.17. The first-order valence-electron chi connectivity index (χ1n) is 4.59. The standard InChI is InChI=1S/C11H13NO/c1-2-7-12-8-11(13)9-5-3-4-6-10(9)12/h3-6,8,13H,2,7H2,1H3. The van der Waals surface area contributed by atoms with Crippen molar-refractivity contribution in [3.05, 3.63) is 30.5 Å². The van der Waals surface area contributed by atoms with Crippen LogP contribution in [0.1, 0.15) is 13.3 Å². The van der Waals surface area contributed by atoms with Crippen LogP contribution in [0.25, 0.3) is 10.9 Å². The third-order valence-electron chi connectivity index (χ3n) is 2.23. The number of hydrogen-bond acceptors (Lipinski definition) is 1. The van der Waals surface area contributed by atoms with Gasteiger partial charge in [0.25, 0.3) is 0 Å². The summed E-state index contributed by atoms with van der Waals surface area (Å²) < 4.78 is 2.09. The molecule has 0 aliphatic carbocycles. The lowest BCUT2D eigenvalue weighted by Crippen LogP contribution is -1.92. The van der Waals surface area contributed by atoms with Crippen molar-refractivity contribution in [3.8, 4) is 5.75 Å². The minimum absolute atomic E-state index is 0.379. The molecule has 0 amide bonds. The molecule has 1 aromatic carbocycles. The van der Waals surface area contributed by atoms with Crippen molar-refractivity contribution >= 4 is 10.9 Å².